The molecule has 2 atom stereocenters. The van der Waals surface area contributed by atoms with E-state index in [9.17, 15) is 9.59 Å². The molecule has 1 aromatic rings. The summed E-state index contributed by atoms with van der Waals surface area (Å²) >= 11 is 0. The zero-order valence-corrected chi connectivity index (χ0v) is 17.7. The van der Waals surface area contributed by atoms with Gasteiger partial charge in [0.2, 0.25) is 0 Å². The number of urea groups is 2. The van der Waals surface area contributed by atoms with Crippen LogP contribution in [0, 0.1) is 5.92 Å². The number of nitrogens with one attached hydrogen (secondary N) is 3. The van der Waals surface area contributed by atoms with Gasteiger partial charge in [0, 0.05) is 25.7 Å². The van der Waals surface area contributed by atoms with Crippen LogP contribution >= 0.6 is 0 Å². The molecule has 1 aliphatic heterocycles. The van der Waals surface area contributed by atoms with Crippen LogP contribution in [0.5, 0.6) is 0 Å². The number of carbonyl (C=O) groups is 2. The zero-order chi connectivity index (χ0) is 20.5. The summed E-state index contributed by atoms with van der Waals surface area (Å²) in [6.07, 6.45) is 9.41. The van der Waals surface area contributed by atoms with Crippen LogP contribution in [0.1, 0.15) is 84.7 Å². The maximum atomic E-state index is 12.6. The summed E-state index contributed by atoms with van der Waals surface area (Å²) in [5.74, 6) is 0.316. The Morgan fingerprint density at radius 2 is 1.65 bits per heavy atom. The first-order chi connectivity index (χ1) is 14.1. The van der Waals surface area contributed by atoms with Gasteiger partial charge in [0.1, 0.15) is 0 Å². The SMILES string of the molecule is C.C.CC(NC(=O)N1CCC(CNC(=O)NC2CCCCCCC2)C1)c1ccccc1. The molecule has 4 amide bonds. The molecule has 2 aliphatic rings. The second kappa shape index (κ2) is 13.9. The molecule has 3 rings (SSSR count). The maximum absolute atomic E-state index is 12.6. The smallest absolute Gasteiger partial charge is 0.317 e. The summed E-state index contributed by atoms with van der Waals surface area (Å²) in [5, 5.41) is 9.25. The largest absolute Gasteiger partial charge is 0.338 e. The van der Waals surface area contributed by atoms with Crippen LogP contribution in [0.3, 0.4) is 0 Å². The lowest BCUT2D eigenvalue weighted by molar-refractivity contribution is 0.203. The van der Waals surface area contributed by atoms with E-state index in [0.29, 0.717) is 25.0 Å². The average Bonchev–Trinajstić information content (AvgIpc) is 3.18. The van der Waals surface area contributed by atoms with E-state index in [-0.39, 0.29) is 33.0 Å². The Labute approximate surface area is 189 Å². The van der Waals surface area contributed by atoms with Crippen molar-refractivity contribution in [2.45, 2.75) is 85.2 Å². The highest BCUT2D eigenvalue weighted by Gasteiger charge is 2.27. The first kappa shape index (κ1) is 26.8. The molecular weight excluding hydrogens is 388 g/mol. The van der Waals surface area contributed by atoms with E-state index in [4.69, 9.17) is 0 Å². The van der Waals surface area contributed by atoms with Crippen molar-refractivity contribution in [3.05, 3.63) is 35.9 Å². The molecule has 31 heavy (non-hydrogen) atoms. The van der Waals surface area contributed by atoms with Crippen LogP contribution in [0.25, 0.3) is 0 Å². The molecule has 3 N–H and O–H groups in total. The summed E-state index contributed by atoms with van der Waals surface area (Å²) < 4.78 is 0. The summed E-state index contributed by atoms with van der Waals surface area (Å²) in [7, 11) is 0. The molecule has 2 fully saturated rings. The van der Waals surface area contributed by atoms with Gasteiger partial charge in [-0.1, -0.05) is 77.3 Å². The molecular formula is C25H44N4O2. The minimum Gasteiger partial charge on any atom is -0.338 e. The molecule has 1 aliphatic carbocycles. The van der Waals surface area contributed by atoms with Gasteiger partial charge in [0.05, 0.1) is 6.04 Å². The molecule has 0 aromatic heterocycles. The molecule has 1 heterocycles. The van der Waals surface area contributed by atoms with Gasteiger partial charge in [0.15, 0.2) is 0 Å². The third-order valence-electron chi connectivity index (χ3n) is 6.20. The third kappa shape index (κ3) is 8.80. The predicted octanol–water partition coefficient (Wildman–Crippen LogP) is 5.46. The maximum Gasteiger partial charge on any atom is 0.317 e. The van der Waals surface area contributed by atoms with Gasteiger partial charge in [-0.05, 0) is 37.7 Å². The molecule has 0 spiro atoms. The molecule has 0 bridgehead atoms. The number of nitrogens with zero attached hydrogens (tertiary/aromatic N) is 1. The highest BCUT2D eigenvalue weighted by atomic mass is 16.2. The predicted molar refractivity (Wildman–Crippen MR) is 129 cm³/mol. The lowest BCUT2D eigenvalue weighted by Gasteiger charge is -2.22. The summed E-state index contributed by atoms with van der Waals surface area (Å²) in [4.78, 5) is 26.7. The van der Waals surface area contributed by atoms with E-state index < -0.39 is 0 Å². The number of benzene rings is 1. The Hall–Kier alpha value is -2.24. The number of carbonyl (C=O) groups excluding carboxylic acids is 2. The van der Waals surface area contributed by atoms with E-state index in [1.165, 1.54) is 32.1 Å². The van der Waals surface area contributed by atoms with Crippen molar-refractivity contribution < 1.29 is 9.59 Å². The van der Waals surface area contributed by atoms with E-state index in [0.717, 1.165) is 31.4 Å². The molecule has 0 radical (unpaired) electrons. The van der Waals surface area contributed by atoms with Crippen molar-refractivity contribution in [3.8, 4) is 0 Å². The van der Waals surface area contributed by atoms with E-state index in [1.807, 2.05) is 42.2 Å². The quantitative estimate of drug-likeness (QED) is 0.578. The van der Waals surface area contributed by atoms with E-state index in [1.54, 1.807) is 0 Å². The normalized spacial score (nSPS) is 20.3. The van der Waals surface area contributed by atoms with Crippen molar-refractivity contribution in [3.63, 3.8) is 0 Å². The molecule has 6 heteroatoms. The number of hydrogen-bond acceptors (Lipinski definition) is 2. The number of rotatable bonds is 5. The van der Waals surface area contributed by atoms with Crippen molar-refractivity contribution in [2.75, 3.05) is 19.6 Å². The molecule has 6 nitrogen and oxygen atoms in total. The Balaban J connectivity index is 0.00000240. The van der Waals surface area contributed by atoms with Crippen LogP contribution in [-0.4, -0.2) is 42.6 Å². The van der Waals surface area contributed by atoms with Crippen LogP contribution < -0.4 is 16.0 Å². The minimum atomic E-state index is -0.0591. The minimum absolute atomic E-state index is 0. The van der Waals surface area contributed by atoms with Gasteiger partial charge >= 0.3 is 12.1 Å². The fourth-order valence-electron chi connectivity index (χ4n) is 4.36. The second-order valence-corrected chi connectivity index (χ2v) is 8.58. The van der Waals surface area contributed by atoms with Crippen molar-refractivity contribution in [1.29, 1.82) is 0 Å². The Morgan fingerprint density at radius 1 is 1.00 bits per heavy atom. The highest BCUT2D eigenvalue weighted by molar-refractivity contribution is 5.75. The Kier molecular flexibility index (Phi) is 12.1. The Bertz CT molecular complexity index is 644. The number of hydrogen-bond donors (Lipinski definition) is 3. The number of amides is 4. The van der Waals surface area contributed by atoms with Crippen molar-refractivity contribution in [2.24, 2.45) is 5.92 Å². The monoisotopic (exact) mass is 432 g/mol. The van der Waals surface area contributed by atoms with Crippen LogP contribution in [-0.2, 0) is 0 Å². The topological polar surface area (TPSA) is 73.5 Å². The number of likely N-dealkylation sites (tertiary alicyclic amines) is 1. The molecule has 2 unspecified atom stereocenters. The van der Waals surface area contributed by atoms with Gasteiger partial charge in [-0.2, -0.15) is 0 Å². The fourth-order valence-corrected chi connectivity index (χ4v) is 4.36. The lowest BCUT2D eigenvalue weighted by atomic mass is 9.97. The summed E-state index contributed by atoms with van der Waals surface area (Å²) in [6, 6.07) is 10.2. The zero-order valence-electron chi connectivity index (χ0n) is 17.7. The van der Waals surface area contributed by atoms with Crippen molar-refractivity contribution in [1.82, 2.24) is 20.9 Å². The van der Waals surface area contributed by atoms with Gasteiger partial charge in [-0.25, -0.2) is 9.59 Å². The molecule has 176 valence electrons. The first-order valence-electron chi connectivity index (χ1n) is 11.3. The standard InChI is InChI=1S/C23H36N4O2.2CH4/c1-18(20-10-6-5-7-11-20)25-23(29)27-15-14-19(17-27)16-24-22(28)26-21-12-8-3-2-4-9-13-21;;/h5-7,10-11,18-19,21H,2-4,8-9,12-17H2,1H3,(H,25,29)(H2,24,26,28);2*1H4. The third-order valence-corrected chi connectivity index (χ3v) is 6.20. The van der Waals surface area contributed by atoms with Crippen LogP contribution in [0.2, 0.25) is 0 Å². The highest BCUT2D eigenvalue weighted by Crippen LogP contribution is 2.19. The molecule has 1 saturated carbocycles. The second-order valence-electron chi connectivity index (χ2n) is 8.58. The fraction of sp³-hybridized carbons (Fsp3) is 0.680. The van der Waals surface area contributed by atoms with Crippen molar-refractivity contribution >= 4 is 12.1 Å². The van der Waals surface area contributed by atoms with Gasteiger partial charge in [-0.3, -0.25) is 0 Å². The van der Waals surface area contributed by atoms with Gasteiger partial charge in [-0.15, -0.1) is 0 Å². The summed E-state index contributed by atoms with van der Waals surface area (Å²) in [6.45, 7) is 4.06. The van der Waals surface area contributed by atoms with Crippen LogP contribution in [0.15, 0.2) is 30.3 Å². The lowest BCUT2D eigenvalue weighted by Crippen LogP contribution is -2.44. The van der Waals surface area contributed by atoms with Gasteiger partial charge < -0.3 is 20.9 Å². The van der Waals surface area contributed by atoms with Gasteiger partial charge in [0.25, 0.3) is 0 Å². The first-order valence-corrected chi connectivity index (χ1v) is 11.3. The van der Waals surface area contributed by atoms with E-state index >= 15 is 0 Å². The Morgan fingerprint density at radius 3 is 2.32 bits per heavy atom. The van der Waals surface area contributed by atoms with Crippen LogP contribution in [0.4, 0.5) is 9.59 Å². The molecule has 1 aromatic carbocycles. The summed E-state index contributed by atoms with van der Waals surface area (Å²) in [5.41, 5.74) is 1.10. The molecule has 1 saturated heterocycles. The van der Waals surface area contributed by atoms with E-state index in [2.05, 4.69) is 16.0 Å². The average molecular weight is 433 g/mol.